The van der Waals surface area contributed by atoms with Crippen LogP contribution in [-0.2, 0) is 14.9 Å². The first-order valence-electron chi connectivity index (χ1n) is 8.25. The van der Waals surface area contributed by atoms with Gasteiger partial charge in [-0.25, -0.2) is 0 Å². The van der Waals surface area contributed by atoms with E-state index in [2.05, 4.69) is 17.0 Å². The highest BCUT2D eigenvalue weighted by Gasteiger charge is 2.35. The van der Waals surface area contributed by atoms with Gasteiger partial charge in [-0.05, 0) is 48.4 Å². The van der Waals surface area contributed by atoms with Gasteiger partial charge in [-0.15, -0.1) is 0 Å². The van der Waals surface area contributed by atoms with Crippen LogP contribution in [0.25, 0.3) is 6.08 Å². The van der Waals surface area contributed by atoms with Crippen molar-refractivity contribution in [1.29, 1.82) is 5.41 Å². The summed E-state index contributed by atoms with van der Waals surface area (Å²) in [5, 5.41) is 15.3. The van der Waals surface area contributed by atoms with Gasteiger partial charge in [0.15, 0.2) is 5.84 Å². The number of unbranched alkanes of at least 4 members (excludes halogenated alkanes) is 1. The van der Waals surface area contributed by atoms with Gasteiger partial charge in [-0.3, -0.25) is 10.2 Å². The molecule has 0 radical (unpaired) electrons. The van der Waals surface area contributed by atoms with E-state index in [1.165, 1.54) is 35.0 Å². The van der Waals surface area contributed by atoms with Crippen molar-refractivity contribution < 1.29 is 17.4 Å². The quantitative estimate of drug-likeness (QED) is 0.574. The van der Waals surface area contributed by atoms with E-state index in [-0.39, 0.29) is 17.2 Å². The molecule has 0 spiro atoms. The average Bonchev–Trinajstić information content (AvgIpc) is 3.00. The second-order valence-electron chi connectivity index (χ2n) is 5.97. The molecule has 1 aromatic carbocycles. The second kappa shape index (κ2) is 7.65. The maximum absolute atomic E-state index is 12.3. The molecule has 1 aromatic rings. The molecule has 0 saturated carbocycles. The van der Waals surface area contributed by atoms with E-state index in [1.807, 2.05) is 0 Å². The maximum atomic E-state index is 12.3. The summed E-state index contributed by atoms with van der Waals surface area (Å²) in [4.78, 5) is 16.4. The van der Waals surface area contributed by atoms with Crippen LogP contribution in [0.1, 0.15) is 31.7 Å². The number of hydrazone groups is 1. The Balaban J connectivity index is 1.82. The first kappa shape index (κ1) is 19.3. The van der Waals surface area contributed by atoms with Gasteiger partial charge in [-0.1, -0.05) is 25.5 Å². The van der Waals surface area contributed by atoms with E-state index in [4.69, 9.17) is 9.59 Å². The molecule has 0 saturated heterocycles. The minimum absolute atomic E-state index is 0.0274. The fourth-order valence-corrected chi connectivity index (χ4v) is 3.81. The lowest BCUT2D eigenvalue weighted by Gasteiger charge is -2.20. The lowest BCUT2D eigenvalue weighted by atomic mass is 10.1. The molecule has 0 fully saturated rings. The molecule has 3 rings (SSSR count). The highest BCUT2D eigenvalue weighted by atomic mass is 32.2. The van der Waals surface area contributed by atoms with Crippen LogP contribution in [0.4, 0.5) is 0 Å². The second-order valence-corrected chi connectivity index (χ2v) is 8.59. The molecule has 10 heteroatoms. The Morgan fingerprint density at radius 2 is 2.00 bits per heavy atom. The predicted octanol–water partition coefficient (Wildman–Crippen LogP) is 2.83. The van der Waals surface area contributed by atoms with Gasteiger partial charge in [0.05, 0.1) is 11.8 Å². The van der Waals surface area contributed by atoms with Crippen LogP contribution >= 0.6 is 11.8 Å². The van der Waals surface area contributed by atoms with Crippen LogP contribution < -0.4 is 4.18 Å². The van der Waals surface area contributed by atoms with Gasteiger partial charge in [0.1, 0.15) is 10.8 Å². The first-order chi connectivity index (χ1) is 12.8. The van der Waals surface area contributed by atoms with Crippen LogP contribution in [0.15, 0.2) is 39.9 Å². The van der Waals surface area contributed by atoms with Crippen molar-refractivity contribution in [3.63, 3.8) is 0 Å². The molecular weight excluding hydrogens is 388 g/mol. The average molecular weight is 406 g/mol. The minimum Gasteiger partial charge on any atom is -0.383 e. The first-order valence-corrected chi connectivity index (χ1v) is 10.9. The van der Waals surface area contributed by atoms with Crippen LogP contribution in [0.2, 0.25) is 0 Å². The fraction of sp³-hybridized carbons (Fsp3) is 0.294. The third-order valence-electron chi connectivity index (χ3n) is 3.68. The zero-order valence-electron chi connectivity index (χ0n) is 14.8. The van der Waals surface area contributed by atoms with E-state index >= 15 is 0 Å². The molecule has 0 atom stereocenters. The maximum Gasteiger partial charge on any atom is 0.306 e. The number of aliphatic imine (C=N–C) groups is 1. The summed E-state index contributed by atoms with van der Waals surface area (Å²) in [6, 6.07) is 6.15. The van der Waals surface area contributed by atoms with Gasteiger partial charge >= 0.3 is 10.1 Å². The summed E-state index contributed by atoms with van der Waals surface area (Å²) in [5.74, 6) is -0.353. The van der Waals surface area contributed by atoms with Crippen LogP contribution in [0.3, 0.4) is 0 Å². The molecule has 27 heavy (non-hydrogen) atoms. The summed E-state index contributed by atoms with van der Waals surface area (Å²) in [7, 11) is -3.60. The zero-order valence-corrected chi connectivity index (χ0v) is 16.4. The minimum atomic E-state index is -3.60. The normalized spacial score (nSPS) is 18.4. The van der Waals surface area contributed by atoms with Crippen molar-refractivity contribution in [3.8, 4) is 5.75 Å². The smallest absolute Gasteiger partial charge is 0.306 e. The van der Waals surface area contributed by atoms with Gasteiger partial charge in [0.2, 0.25) is 5.17 Å². The Hall–Kier alpha value is -2.46. The Morgan fingerprint density at radius 1 is 1.30 bits per heavy atom. The summed E-state index contributed by atoms with van der Waals surface area (Å²) in [5.41, 5.74) is 0.737. The molecule has 1 amide bonds. The van der Waals surface area contributed by atoms with Crippen molar-refractivity contribution in [1.82, 2.24) is 5.01 Å². The number of carbonyl (C=O) groups is 1. The number of amidine groups is 2. The van der Waals surface area contributed by atoms with Crippen molar-refractivity contribution in [2.75, 3.05) is 6.26 Å². The van der Waals surface area contributed by atoms with E-state index in [9.17, 15) is 13.2 Å². The number of fused-ring (bicyclic) bond motifs is 1. The summed E-state index contributed by atoms with van der Waals surface area (Å²) >= 11 is 1.32. The standard InChI is InChI=1S/C17H18N4O4S2/c1-3-4-5-14-20-21-15(18)13(16(22)19-17(21)26-14)10-11-6-8-12(9-7-11)25-27(2,23)24/h6-10,18H,3-5H2,1-2H3. The zero-order chi connectivity index (χ0) is 19.6. The SMILES string of the molecule is CCCCC1=NN2C(=N)C(=Cc3ccc(OS(C)(=O)=O)cc3)C(=O)N=C2S1. The Morgan fingerprint density at radius 3 is 2.63 bits per heavy atom. The summed E-state index contributed by atoms with van der Waals surface area (Å²) in [6.45, 7) is 2.09. The number of hydrogen-bond acceptors (Lipinski definition) is 7. The molecule has 0 aromatic heterocycles. The number of nitrogens with zero attached hydrogens (tertiary/aromatic N) is 3. The Kier molecular flexibility index (Phi) is 5.47. The highest BCUT2D eigenvalue weighted by molar-refractivity contribution is 8.26. The number of nitrogens with one attached hydrogen (secondary N) is 1. The lowest BCUT2D eigenvalue weighted by molar-refractivity contribution is -0.114. The van der Waals surface area contributed by atoms with E-state index in [0.717, 1.165) is 30.6 Å². The van der Waals surface area contributed by atoms with Crippen molar-refractivity contribution in [2.24, 2.45) is 10.1 Å². The monoisotopic (exact) mass is 406 g/mol. The van der Waals surface area contributed by atoms with Crippen molar-refractivity contribution >= 4 is 49.9 Å². The molecule has 0 bridgehead atoms. The molecule has 0 aliphatic carbocycles. The third-order valence-corrected chi connectivity index (χ3v) is 5.14. The number of amides is 1. The van der Waals surface area contributed by atoms with Crippen LogP contribution in [0, 0.1) is 5.41 Å². The molecular formula is C17H18N4O4S2. The lowest BCUT2D eigenvalue weighted by Crippen LogP contribution is -2.35. The number of carbonyl (C=O) groups excluding carboxylic acids is 1. The predicted molar refractivity (Wildman–Crippen MR) is 106 cm³/mol. The van der Waals surface area contributed by atoms with Crippen molar-refractivity contribution in [3.05, 3.63) is 35.4 Å². The molecule has 8 nitrogen and oxygen atoms in total. The topological polar surface area (TPSA) is 112 Å². The summed E-state index contributed by atoms with van der Waals surface area (Å²) < 4.78 is 27.1. The van der Waals surface area contributed by atoms with E-state index in [0.29, 0.717) is 10.7 Å². The molecule has 2 aliphatic heterocycles. The summed E-state index contributed by atoms with van der Waals surface area (Å²) in [6.07, 6.45) is 5.30. The number of hydrogen-bond donors (Lipinski definition) is 1. The van der Waals surface area contributed by atoms with Crippen LogP contribution in [-0.4, -0.2) is 41.6 Å². The van der Waals surface area contributed by atoms with Crippen LogP contribution in [0.5, 0.6) is 5.75 Å². The van der Waals surface area contributed by atoms with Gasteiger partial charge in [0.25, 0.3) is 5.91 Å². The largest absolute Gasteiger partial charge is 0.383 e. The van der Waals surface area contributed by atoms with E-state index in [1.54, 1.807) is 12.1 Å². The fourth-order valence-electron chi connectivity index (χ4n) is 2.42. The van der Waals surface area contributed by atoms with Crippen molar-refractivity contribution in [2.45, 2.75) is 26.2 Å². The molecule has 0 unspecified atom stereocenters. The number of benzene rings is 1. The highest BCUT2D eigenvalue weighted by Crippen LogP contribution is 2.30. The molecule has 142 valence electrons. The number of thioether (sulfide) groups is 1. The van der Waals surface area contributed by atoms with Gasteiger partial charge in [0, 0.05) is 0 Å². The number of rotatable bonds is 6. The van der Waals surface area contributed by atoms with E-state index < -0.39 is 16.0 Å². The van der Waals surface area contributed by atoms with Gasteiger partial charge < -0.3 is 4.18 Å². The molecule has 2 heterocycles. The van der Waals surface area contributed by atoms with Gasteiger partial charge in [-0.2, -0.15) is 23.5 Å². The Labute approximate surface area is 161 Å². The Bertz CT molecular complexity index is 979. The molecule has 2 aliphatic rings. The molecule has 1 N–H and O–H groups in total. The third kappa shape index (κ3) is 4.64.